The Bertz CT molecular complexity index is 395. The van der Waals surface area contributed by atoms with Gasteiger partial charge in [0.25, 0.3) is 0 Å². The van der Waals surface area contributed by atoms with Gasteiger partial charge in [0.15, 0.2) is 0 Å². The summed E-state index contributed by atoms with van der Waals surface area (Å²) in [6.45, 7) is 8.07. The molecule has 0 amide bonds. The summed E-state index contributed by atoms with van der Waals surface area (Å²) in [5.41, 5.74) is 1.05. The molecule has 3 nitrogen and oxygen atoms in total. The number of nitrogens with zero attached hydrogens (tertiary/aromatic N) is 1. The quantitative estimate of drug-likeness (QED) is 0.798. The van der Waals surface area contributed by atoms with Crippen LogP contribution in [0, 0.1) is 0 Å². The summed E-state index contributed by atoms with van der Waals surface area (Å²) in [5.74, 6) is 0. The van der Waals surface area contributed by atoms with Crippen molar-refractivity contribution in [2.75, 3.05) is 6.61 Å². The van der Waals surface area contributed by atoms with Crippen LogP contribution in [0.15, 0.2) is 5.38 Å². The zero-order chi connectivity index (χ0) is 14.4. The fourth-order valence-electron chi connectivity index (χ4n) is 2.90. The van der Waals surface area contributed by atoms with Crippen LogP contribution in [-0.4, -0.2) is 17.6 Å². The molecule has 20 heavy (non-hydrogen) atoms. The van der Waals surface area contributed by atoms with Crippen molar-refractivity contribution in [3.8, 4) is 0 Å². The Kier molecular flexibility index (Phi) is 6.00. The minimum atomic E-state index is -0.105. The highest BCUT2D eigenvalue weighted by molar-refractivity contribution is 7.09. The van der Waals surface area contributed by atoms with E-state index >= 15 is 0 Å². The van der Waals surface area contributed by atoms with Gasteiger partial charge in [0, 0.05) is 24.6 Å². The Morgan fingerprint density at radius 1 is 1.30 bits per heavy atom. The maximum absolute atomic E-state index is 6.20. The predicted molar refractivity (Wildman–Crippen MR) is 85.1 cm³/mol. The van der Waals surface area contributed by atoms with Crippen LogP contribution in [0.5, 0.6) is 0 Å². The van der Waals surface area contributed by atoms with Crippen LogP contribution in [0.25, 0.3) is 0 Å². The van der Waals surface area contributed by atoms with Gasteiger partial charge in [-0.05, 0) is 19.8 Å². The standard InChI is InChI=1S/C16H28N2OS/c1-4-19-16(9-7-5-6-8-10-16)15-18-14(12-20-15)11-17-13(2)3/h12-13,17H,4-11H2,1-3H3. The van der Waals surface area contributed by atoms with Gasteiger partial charge in [-0.3, -0.25) is 0 Å². The first kappa shape index (κ1) is 15.9. The lowest BCUT2D eigenvalue weighted by atomic mass is 9.95. The second-order valence-electron chi connectivity index (χ2n) is 6.02. The van der Waals surface area contributed by atoms with E-state index in [1.807, 2.05) is 0 Å². The van der Waals surface area contributed by atoms with Gasteiger partial charge >= 0.3 is 0 Å². The monoisotopic (exact) mass is 296 g/mol. The molecular formula is C16H28N2OS. The molecule has 1 aromatic rings. The highest BCUT2D eigenvalue weighted by Gasteiger charge is 2.36. The summed E-state index contributed by atoms with van der Waals surface area (Å²) in [7, 11) is 0. The molecule has 1 N–H and O–H groups in total. The van der Waals surface area contributed by atoms with Gasteiger partial charge in [-0.25, -0.2) is 4.98 Å². The van der Waals surface area contributed by atoms with Gasteiger partial charge in [-0.2, -0.15) is 0 Å². The van der Waals surface area contributed by atoms with E-state index in [9.17, 15) is 0 Å². The molecule has 0 saturated heterocycles. The summed E-state index contributed by atoms with van der Waals surface area (Å²) in [6.07, 6.45) is 7.46. The van der Waals surface area contributed by atoms with E-state index in [1.54, 1.807) is 11.3 Å². The van der Waals surface area contributed by atoms with Crippen LogP contribution in [0.2, 0.25) is 0 Å². The van der Waals surface area contributed by atoms with Crippen LogP contribution >= 0.6 is 11.3 Å². The van der Waals surface area contributed by atoms with Crippen molar-refractivity contribution in [1.29, 1.82) is 0 Å². The number of hydrogen-bond donors (Lipinski definition) is 1. The largest absolute Gasteiger partial charge is 0.368 e. The molecular weight excluding hydrogens is 268 g/mol. The Morgan fingerprint density at radius 3 is 2.60 bits per heavy atom. The maximum Gasteiger partial charge on any atom is 0.125 e. The summed E-state index contributed by atoms with van der Waals surface area (Å²) in [6, 6.07) is 0.499. The van der Waals surface area contributed by atoms with Crippen molar-refractivity contribution in [2.45, 2.75) is 77.5 Å². The van der Waals surface area contributed by atoms with E-state index < -0.39 is 0 Å². The van der Waals surface area contributed by atoms with E-state index in [0.717, 1.165) is 31.7 Å². The van der Waals surface area contributed by atoms with E-state index in [1.165, 1.54) is 30.7 Å². The molecule has 0 spiro atoms. The average Bonchev–Trinajstić information content (AvgIpc) is 2.78. The van der Waals surface area contributed by atoms with Crippen molar-refractivity contribution >= 4 is 11.3 Å². The van der Waals surface area contributed by atoms with Crippen LogP contribution in [0.4, 0.5) is 0 Å². The van der Waals surface area contributed by atoms with Crippen molar-refractivity contribution in [3.63, 3.8) is 0 Å². The number of thiazole rings is 1. The average molecular weight is 296 g/mol. The fourth-order valence-corrected chi connectivity index (χ4v) is 3.93. The fraction of sp³-hybridized carbons (Fsp3) is 0.812. The molecule has 0 bridgehead atoms. The van der Waals surface area contributed by atoms with E-state index in [4.69, 9.17) is 9.72 Å². The van der Waals surface area contributed by atoms with Crippen LogP contribution in [-0.2, 0) is 16.9 Å². The van der Waals surface area contributed by atoms with Crippen molar-refractivity contribution in [2.24, 2.45) is 0 Å². The predicted octanol–water partition coefficient (Wildman–Crippen LogP) is 4.23. The topological polar surface area (TPSA) is 34.1 Å². The minimum Gasteiger partial charge on any atom is -0.368 e. The molecule has 4 heteroatoms. The first-order chi connectivity index (χ1) is 9.66. The Hall–Kier alpha value is -0.450. The third kappa shape index (κ3) is 4.03. The molecule has 1 aliphatic carbocycles. The molecule has 1 aliphatic rings. The number of ether oxygens (including phenoxy) is 1. The lowest BCUT2D eigenvalue weighted by molar-refractivity contribution is -0.0560. The van der Waals surface area contributed by atoms with Gasteiger partial charge in [-0.1, -0.05) is 39.5 Å². The SMILES string of the molecule is CCOC1(c2nc(CNC(C)C)cs2)CCCCCC1. The van der Waals surface area contributed by atoms with Crippen LogP contribution in [0.1, 0.15) is 70.0 Å². The third-order valence-electron chi connectivity index (χ3n) is 3.96. The molecule has 0 aromatic carbocycles. The lowest BCUT2D eigenvalue weighted by Crippen LogP contribution is -2.29. The lowest BCUT2D eigenvalue weighted by Gasteiger charge is -2.30. The van der Waals surface area contributed by atoms with Gasteiger partial charge in [-0.15, -0.1) is 11.3 Å². The first-order valence-corrected chi connectivity index (χ1v) is 8.86. The molecule has 1 heterocycles. The van der Waals surface area contributed by atoms with E-state index in [-0.39, 0.29) is 5.60 Å². The highest BCUT2D eigenvalue weighted by Crippen LogP contribution is 2.40. The molecule has 0 unspecified atom stereocenters. The Balaban J connectivity index is 2.12. The second kappa shape index (κ2) is 7.53. The summed E-state index contributed by atoms with van der Waals surface area (Å²) < 4.78 is 6.20. The number of aromatic nitrogens is 1. The molecule has 114 valence electrons. The summed E-state index contributed by atoms with van der Waals surface area (Å²) in [5, 5.41) is 6.83. The van der Waals surface area contributed by atoms with Crippen LogP contribution in [0.3, 0.4) is 0 Å². The van der Waals surface area contributed by atoms with Gasteiger partial charge in [0.2, 0.25) is 0 Å². The number of rotatable bonds is 6. The van der Waals surface area contributed by atoms with Gasteiger partial charge < -0.3 is 10.1 Å². The molecule has 0 aliphatic heterocycles. The van der Waals surface area contributed by atoms with Crippen LogP contribution < -0.4 is 5.32 Å². The molecule has 1 aromatic heterocycles. The molecule has 1 saturated carbocycles. The molecule has 0 atom stereocenters. The number of hydrogen-bond acceptors (Lipinski definition) is 4. The van der Waals surface area contributed by atoms with E-state index in [0.29, 0.717) is 6.04 Å². The van der Waals surface area contributed by atoms with Crippen molar-refractivity contribution < 1.29 is 4.74 Å². The van der Waals surface area contributed by atoms with Gasteiger partial charge in [0.1, 0.15) is 10.6 Å². The maximum atomic E-state index is 6.20. The Labute approximate surface area is 127 Å². The van der Waals surface area contributed by atoms with Crippen molar-refractivity contribution in [1.82, 2.24) is 10.3 Å². The molecule has 1 fully saturated rings. The number of nitrogens with one attached hydrogen (secondary N) is 1. The zero-order valence-electron chi connectivity index (χ0n) is 13.1. The Morgan fingerprint density at radius 2 is 2.00 bits per heavy atom. The second-order valence-corrected chi connectivity index (χ2v) is 6.88. The van der Waals surface area contributed by atoms with E-state index in [2.05, 4.69) is 31.5 Å². The zero-order valence-corrected chi connectivity index (χ0v) is 13.9. The first-order valence-electron chi connectivity index (χ1n) is 7.98. The smallest absolute Gasteiger partial charge is 0.125 e. The summed E-state index contributed by atoms with van der Waals surface area (Å²) >= 11 is 1.78. The van der Waals surface area contributed by atoms with Gasteiger partial charge in [0.05, 0.1) is 5.69 Å². The minimum absolute atomic E-state index is 0.105. The molecule has 0 radical (unpaired) electrons. The third-order valence-corrected chi connectivity index (χ3v) is 5.04. The molecule has 2 rings (SSSR count). The summed E-state index contributed by atoms with van der Waals surface area (Å²) in [4.78, 5) is 4.87. The normalized spacial score (nSPS) is 19.2. The van der Waals surface area contributed by atoms with Crippen molar-refractivity contribution in [3.05, 3.63) is 16.1 Å². The highest BCUT2D eigenvalue weighted by atomic mass is 32.1.